The van der Waals surface area contributed by atoms with Crippen LogP contribution in [0, 0.1) is 6.92 Å². The van der Waals surface area contributed by atoms with E-state index in [0.717, 1.165) is 30.6 Å². The first kappa shape index (κ1) is 13.9. The minimum absolute atomic E-state index is 0.108. The van der Waals surface area contributed by atoms with E-state index in [-0.39, 0.29) is 5.91 Å². The number of fused-ring (bicyclic) bond motifs is 1. The van der Waals surface area contributed by atoms with E-state index in [4.69, 9.17) is 0 Å². The van der Waals surface area contributed by atoms with Crippen LogP contribution in [-0.2, 0) is 0 Å². The predicted octanol–water partition coefficient (Wildman–Crippen LogP) is 4.54. The second kappa shape index (κ2) is 5.72. The highest BCUT2D eigenvalue weighted by atomic mass is 16.2. The van der Waals surface area contributed by atoms with Crippen LogP contribution < -0.4 is 4.90 Å². The number of hydrogen-bond donors (Lipinski definition) is 0. The Morgan fingerprint density at radius 1 is 1.10 bits per heavy atom. The van der Waals surface area contributed by atoms with Crippen molar-refractivity contribution in [2.45, 2.75) is 32.6 Å². The summed E-state index contributed by atoms with van der Waals surface area (Å²) in [6.45, 7) is 5.21. The number of carbonyl (C=O) groups excluding carboxylic acids is 1. The van der Waals surface area contributed by atoms with Gasteiger partial charge in [-0.3, -0.25) is 4.79 Å². The number of aryl methyl sites for hydroxylation is 1. The van der Waals surface area contributed by atoms with Crippen LogP contribution in [0.1, 0.15) is 47.2 Å². The van der Waals surface area contributed by atoms with Crippen molar-refractivity contribution in [3.8, 4) is 0 Å². The summed E-state index contributed by atoms with van der Waals surface area (Å²) < 4.78 is 0. The van der Waals surface area contributed by atoms with Crippen LogP contribution in [0.5, 0.6) is 0 Å². The molecule has 1 atom stereocenters. The lowest BCUT2D eigenvalue weighted by Crippen LogP contribution is -2.31. The molecule has 0 N–H and O–H groups in total. The normalized spacial score (nSPS) is 18.0. The highest BCUT2D eigenvalue weighted by molar-refractivity contribution is 6.06. The molecule has 2 aromatic carbocycles. The highest BCUT2D eigenvalue weighted by Crippen LogP contribution is 2.36. The summed E-state index contributed by atoms with van der Waals surface area (Å²) in [5, 5.41) is 0. The molecule has 0 saturated heterocycles. The quantitative estimate of drug-likeness (QED) is 0.750. The second-order valence-electron chi connectivity index (χ2n) is 5.87. The van der Waals surface area contributed by atoms with Crippen molar-refractivity contribution in [1.82, 2.24) is 0 Å². The molecule has 2 nitrogen and oxygen atoms in total. The monoisotopic (exact) mass is 279 g/mol. The lowest BCUT2D eigenvalue weighted by molar-refractivity contribution is 0.0987. The number of benzene rings is 2. The number of rotatable bonds is 1. The molecule has 0 radical (unpaired) electrons. The number of anilines is 1. The van der Waals surface area contributed by atoms with Crippen LogP contribution in [0.2, 0.25) is 0 Å². The van der Waals surface area contributed by atoms with Gasteiger partial charge < -0.3 is 4.90 Å². The number of carbonyl (C=O) groups is 1. The van der Waals surface area contributed by atoms with E-state index in [9.17, 15) is 4.79 Å². The molecular formula is C19H21NO. The lowest BCUT2D eigenvalue weighted by atomic mass is 9.92. The van der Waals surface area contributed by atoms with Crippen molar-refractivity contribution in [3.63, 3.8) is 0 Å². The van der Waals surface area contributed by atoms with Crippen LogP contribution in [0.4, 0.5) is 5.69 Å². The highest BCUT2D eigenvalue weighted by Gasteiger charge is 2.26. The van der Waals surface area contributed by atoms with E-state index in [0.29, 0.717) is 5.92 Å². The molecule has 21 heavy (non-hydrogen) atoms. The van der Waals surface area contributed by atoms with Gasteiger partial charge in [-0.15, -0.1) is 0 Å². The molecular weight excluding hydrogens is 258 g/mol. The third kappa shape index (κ3) is 2.58. The average molecular weight is 279 g/mol. The molecule has 0 bridgehead atoms. The van der Waals surface area contributed by atoms with E-state index >= 15 is 0 Å². The van der Waals surface area contributed by atoms with Gasteiger partial charge in [-0.25, -0.2) is 0 Å². The molecule has 3 rings (SSSR count). The summed E-state index contributed by atoms with van der Waals surface area (Å²) in [6, 6.07) is 15.9. The predicted molar refractivity (Wildman–Crippen MR) is 86.9 cm³/mol. The van der Waals surface area contributed by atoms with Gasteiger partial charge in [0.1, 0.15) is 0 Å². The van der Waals surface area contributed by atoms with Gasteiger partial charge in [0.2, 0.25) is 0 Å². The van der Waals surface area contributed by atoms with Gasteiger partial charge in [0.15, 0.2) is 0 Å². The molecule has 0 aromatic heterocycles. The minimum atomic E-state index is 0.108. The van der Waals surface area contributed by atoms with E-state index in [2.05, 4.69) is 32.0 Å². The smallest absolute Gasteiger partial charge is 0.258 e. The molecule has 0 aliphatic carbocycles. The Morgan fingerprint density at radius 2 is 1.86 bits per heavy atom. The molecule has 1 amide bonds. The second-order valence-corrected chi connectivity index (χ2v) is 5.87. The van der Waals surface area contributed by atoms with Crippen LogP contribution in [0.25, 0.3) is 0 Å². The van der Waals surface area contributed by atoms with Gasteiger partial charge in [0.25, 0.3) is 5.91 Å². The fraction of sp³-hybridized carbons (Fsp3) is 0.316. The molecule has 0 saturated carbocycles. The number of nitrogens with zero attached hydrogens (tertiary/aromatic N) is 1. The van der Waals surface area contributed by atoms with Crippen LogP contribution in [0.3, 0.4) is 0 Å². The standard InChI is InChI=1S/C19H21NO/c1-14-8-6-12-17-18(14)15(2)9-7-13-20(17)19(21)16-10-4-3-5-11-16/h3-6,8,10-12,15H,7,9,13H2,1-2H3/t15-/m1/s1. The van der Waals surface area contributed by atoms with Crippen LogP contribution in [0.15, 0.2) is 48.5 Å². The van der Waals surface area contributed by atoms with E-state index < -0.39 is 0 Å². The zero-order valence-electron chi connectivity index (χ0n) is 12.7. The number of amides is 1. The maximum absolute atomic E-state index is 12.9. The van der Waals surface area contributed by atoms with Gasteiger partial charge in [0.05, 0.1) is 0 Å². The van der Waals surface area contributed by atoms with Crippen LogP contribution >= 0.6 is 0 Å². The molecule has 0 spiro atoms. The first-order chi connectivity index (χ1) is 10.2. The Bertz CT molecular complexity index is 648. The Morgan fingerprint density at radius 3 is 2.62 bits per heavy atom. The maximum Gasteiger partial charge on any atom is 0.258 e. The molecule has 1 aliphatic rings. The van der Waals surface area contributed by atoms with Crippen molar-refractivity contribution in [2.75, 3.05) is 11.4 Å². The molecule has 2 aromatic rings. The Balaban J connectivity index is 2.06. The summed E-state index contributed by atoms with van der Waals surface area (Å²) in [4.78, 5) is 14.8. The first-order valence-electron chi connectivity index (χ1n) is 7.65. The summed E-state index contributed by atoms with van der Waals surface area (Å²) >= 11 is 0. The van der Waals surface area contributed by atoms with Gasteiger partial charge >= 0.3 is 0 Å². The third-order valence-corrected chi connectivity index (χ3v) is 4.37. The summed E-state index contributed by atoms with van der Waals surface area (Å²) in [7, 11) is 0. The van der Waals surface area contributed by atoms with E-state index in [1.165, 1.54) is 11.1 Å². The van der Waals surface area contributed by atoms with Gasteiger partial charge in [0, 0.05) is 17.8 Å². The van der Waals surface area contributed by atoms with Crippen molar-refractivity contribution in [1.29, 1.82) is 0 Å². The topological polar surface area (TPSA) is 20.3 Å². The van der Waals surface area contributed by atoms with Gasteiger partial charge in [-0.2, -0.15) is 0 Å². The SMILES string of the molecule is Cc1cccc2c1[C@H](C)CCCN2C(=O)c1ccccc1. The molecule has 1 heterocycles. The first-order valence-corrected chi connectivity index (χ1v) is 7.65. The largest absolute Gasteiger partial charge is 0.308 e. The van der Waals surface area contributed by atoms with Gasteiger partial charge in [-0.1, -0.05) is 37.3 Å². The zero-order valence-corrected chi connectivity index (χ0v) is 12.7. The summed E-state index contributed by atoms with van der Waals surface area (Å²) in [5.74, 6) is 0.617. The fourth-order valence-electron chi connectivity index (χ4n) is 3.31. The fourth-order valence-corrected chi connectivity index (χ4v) is 3.31. The lowest BCUT2D eigenvalue weighted by Gasteiger charge is -2.24. The van der Waals surface area contributed by atoms with Crippen LogP contribution in [-0.4, -0.2) is 12.5 Å². The molecule has 108 valence electrons. The third-order valence-electron chi connectivity index (χ3n) is 4.37. The Kier molecular flexibility index (Phi) is 3.78. The summed E-state index contributed by atoms with van der Waals surface area (Å²) in [6.07, 6.45) is 2.18. The molecule has 0 unspecified atom stereocenters. The van der Waals surface area contributed by atoms with Crippen molar-refractivity contribution in [2.24, 2.45) is 0 Å². The minimum Gasteiger partial charge on any atom is -0.308 e. The maximum atomic E-state index is 12.9. The van der Waals surface area contributed by atoms with Crippen molar-refractivity contribution >= 4 is 11.6 Å². The molecule has 2 heteroatoms. The van der Waals surface area contributed by atoms with E-state index in [1.54, 1.807) is 0 Å². The Hall–Kier alpha value is -2.09. The zero-order chi connectivity index (χ0) is 14.8. The van der Waals surface area contributed by atoms with Gasteiger partial charge in [-0.05, 0) is 55.0 Å². The van der Waals surface area contributed by atoms with E-state index in [1.807, 2.05) is 35.2 Å². The average Bonchev–Trinajstić information content (AvgIpc) is 2.67. The van der Waals surface area contributed by atoms with Crippen molar-refractivity contribution < 1.29 is 4.79 Å². The van der Waals surface area contributed by atoms with Crippen molar-refractivity contribution in [3.05, 3.63) is 65.2 Å². The molecule has 0 fully saturated rings. The number of hydrogen-bond acceptors (Lipinski definition) is 1. The Labute approximate surface area is 126 Å². The summed E-state index contributed by atoms with van der Waals surface area (Å²) in [5.41, 5.74) is 4.47. The molecule has 1 aliphatic heterocycles.